The van der Waals surface area contributed by atoms with Gasteiger partial charge in [-0.3, -0.25) is 9.59 Å². The monoisotopic (exact) mass is 435 g/mol. The molecule has 31 heavy (non-hydrogen) atoms. The van der Waals surface area contributed by atoms with Crippen LogP contribution >= 0.6 is 0 Å². The predicted octanol–water partition coefficient (Wildman–Crippen LogP) is 2.73. The maximum Gasteiger partial charge on any atom is 0.457 e. The third-order valence-corrected chi connectivity index (χ3v) is 8.11. The van der Waals surface area contributed by atoms with Crippen LogP contribution in [0, 0.1) is 11.8 Å². The smallest absolute Gasteiger partial charge is 0.403 e. The van der Waals surface area contributed by atoms with Crippen LogP contribution in [0.5, 0.6) is 0 Å². The molecule has 1 aliphatic carbocycles. The Bertz CT molecular complexity index is 649. The summed E-state index contributed by atoms with van der Waals surface area (Å²) in [6.07, 6.45) is 7.88. The number of carbonyl (C=O) groups excluding carboxylic acids is 2. The molecule has 2 aliphatic heterocycles. The molecule has 0 spiro atoms. The Labute approximate surface area is 188 Å². The van der Waals surface area contributed by atoms with Crippen molar-refractivity contribution in [2.24, 2.45) is 17.6 Å². The highest BCUT2D eigenvalue weighted by Gasteiger charge is 2.52. The molecule has 2 saturated heterocycles. The van der Waals surface area contributed by atoms with E-state index in [-0.39, 0.29) is 30.1 Å². The molecule has 0 unspecified atom stereocenters. The van der Waals surface area contributed by atoms with Crippen LogP contribution in [0.2, 0.25) is 6.32 Å². The number of carbonyl (C=O) groups is 2. The number of rotatable bonds is 7. The summed E-state index contributed by atoms with van der Waals surface area (Å²) < 4.78 is 12.3. The summed E-state index contributed by atoms with van der Waals surface area (Å²) in [4.78, 5) is 27.3. The second-order valence-corrected chi connectivity index (χ2v) is 11.0. The van der Waals surface area contributed by atoms with Crippen molar-refractivity contribution in [3.8, 4) is 0 Å². The van der Waals surface area contributed by atoms with Crippen molar-refractivity contribution in [1.82, 2.24) is 10.2 Å². The van der Waals surface area contributed by atoms with Crippen LogP contribution in [0.15, 0.2) is 0 Å². The van der Waals surface area contributed by atoms with E-state index in [1.807, 2.05) is 0 Å². The van der Waals surface area contributed by atoms with Crippen molar-refractivity contribution in [3.63, 3.8) is 0 Å². The molecular formula is C23H42BN3O4. The van der Waals surface area contributed by atoms with Crippen molar-refractivity contribution in [1.29, 1.82) is 0 Å². The Kier molecular flexibility index (Phi) is 7.44. The van der Waals surface area contributed by atoms with E-state index in [2.05, 4.69) is 37.9 Å². The maximum atomic E-state index is 12.8. The molecule has 3 rings (SSSR count). The largest absolute Gasteiger partial charge is 0.457 e. The van der Waals surface area contributed by atoms with E-state index in [1.54, 1.807) is 0 Å². The van der Waals surface area contributed by atoms with E-state index in [4.69, 9.17) is 15.0 Å². The van der Waals surface area contributed by atoms with Gasteiger partial charge in [-0.15, -0.1) is 0 Å². The molecule has 3 aliphatic rings. The normalized spacial score (nSPS) is 33.3. The fourth-order valence-corrected chi connectivity index (χ4v) is 5.64. The van der Waals surface area contributed by atoms with Crippen molar-refractivity contribution in [3.05, 3.63) is 0 Å². The number of hydrogen-bond donors (Lipinski definition) is 2. The number of hydrogen-bond acceptors (Lipinski definition) is 5. The lowest BCUT2D eigenvalue weighted by Gasteiger charge is -2.47. The Morgan fingerprint density at radius 2 is 1.68 bits per heavy atom. The van der Waals surface area contributed by atoms with Gasteiger partial charge in [-0.1, -0.05) is 12.8 Å². The second-order valence-electron chi connectivity index (χ2n) is 11.0. The summed E-state index contributed by atoms with van der Waals surface area (Å²) in [6.45, 7) is 12.7. The van der Waals surface area contributed by atoms with Crippen LogP contribution in [0.4, 0.5) is 0 Å². The summed E-state index contributed by atoms with van der Waals surface area (Å²) in [5, 5.41) is 3.02. The predicted molar refractivity (Wildman–Crippen MR) is 122 cm³/mol. The number of primary amides is 1. The summed E-state index contributed by atoms with van der Waals surface area (Å²) >= 11 is 0. The third-order valence-electron chi connectivity index (χ3n) is 8.11. The lowest BCUT2D eigenvalue weighted by Crippen LogP contribution is -2.65. The number of nitrogens with one attached hydrogen (secondary N) is 1. The quantitative estimate of drug-likeness (QED) is 0.600. The summed E-state index contributed by atoms with van der Waals surface area (Å²) in [6, 6.07) is 0. The SMILES string of the molecule is CC(=O)N[C@]1(C(N)=O)C[C@H](CCB2OC(C)(C)C(C)(C)O2)CC[C@H]1CN1CCCCC1. The van der Waals surface area contributed by atoms with Gasteiger partial charge in [0.15, 0.2) is 0 Å². The van der Waals surface area contributed by atoms with Gasteiger partial charge in [0.05, 0.1) is 11.2 Å². The number of nitrogens with two attached hydrogens (primary N) is 1. The average Bonchev–Trinajstić information content (AvgIpc) is 2.88. The van der Waals surface area contributed by atoms with Crippen molar-refractivity contribution >= 4 is 18.9 Å². The minimum Gasteiger partial charge on any atom is -0.403 e. The van der Waals surface area contributed by atoms with Gasteiger partial charge in [0.1, 0.15) is 5.54 Å². The van der Waals surface area contributed by atoms with Gasteiger partial charge in [-0.05, 0) is 85.1 Å². The third kappa shape index (κ3) is 5.45. The molecule has 3 atom stereocenters. The van der Waals surface area contributed by atoms with Gasteiger partial charge in [-0.2, -0.15) is 0 Å². The fraction of sp³-hybridized carbons (Fsp3) is 0.913. The van der Waals surface area contributed by atoms with Gasteiger partial charge < -0.3 is 25.3 Å². The van der Waals surface area contributed by atoms with Crippen LogP contribution in [-0.2, 0) is 18.9 Å². The van der Waals surface area contributed by atoms with E-state index in [1.165, 1.54) is 26.2 Å². The molecule has 0 radical (unpaired) electrons. The zero-order chi connectivity index (χ0) is 22.9. The maximum absolute atomic E-state index is 12.8. The van der Waals surface area contributed by atoms with E-state index in [0.29, 0.717) is 12.3 Å². The van der Waals surface area contributed by atoms with Crippen molar-refractivity contribution in [2.75, 3.05) is 19.6 Å². The van der Waals surface area contributed by atoms with Crippen LogP contribution < -0.4 is 11.1 Å². The number of piperidine rings is 1. The Balaban J connectivity index is 1.67. The average molecular weight is 435 g/mol. The lowest BCUT2D eigenvalue weighted by atomic mass is 9.65. The molecule has 1 saturated carbocycles. The zero-order valence-corrected chi connectivity index (χ0v) is 20.2. The van der Waals surface area contributed by atoms with Crippen molar-refractivity contribution < 1.29 is 18.9 Å². The second kappa shape index (κ2) is 9.40. The first-order chi connectivity index (χ1) is 14.4. The van der Waals surface area contributed by atoms with Gasteiger partial charge in [0.25, 0.3) is 0 Å². The fourth-order valence-electron chi connectivity index (χ4n) is 5.64. The van der Waals surface area contributed by atoms with E-state index < -0.39 is 11.4 Å². The van der Waals surface area contributed by atoms with Crippen LogP contribution in [0.1, 0.15) is 79.6 Å². The molecule has 0 aromatic heterocycles. The molecule has 8 heteroatoms. The van der Waals surface area contributed by atoms with Gasteiger partial charge in [0.2, 0.25) is 11.8 Å². The molecule has 2 amide bonds. The van der Waals surface area contributed by atoms with Gasteiger partial charge in [0, 0.05) is 19.4 Å². The molecule has 0 aromatic carbocycles. The first-order valence-electron chi connectivity index (χ1n) is 12.1. The van der Waals surface area contributed by atoms with E-state index >= 15 is 0 Å². The Hall–Kier alpha value is -1.12. The highest BCUT2D eigenvalue weighted by atomic mass is 16.7. The molecule has 3 fully saturated rings. The molecular weight excluding hydrogens is 393 g/mol. The number of likely N-dealkylation sites (tertiary alicyclic amines) is 1. The Morgan fingerprint density at radius 3 is 2.23 bits per heavy atom. The first kappa shape index (κ1) is 24.5. The first-order valence-corrected chi connectivity index (χ1v) is 12.1. The molecule has 7 nitrogen and oxygen atoms in total. The number of nitrogens with zero attached hydrogens (tertiary/aromatic N) is 1. The topological polar surface area (TPSA) is 93.9 Å². The van der Waals surface area contributed by atoms with Crippen LogP contribution in [0.3, 0.4) is 0 Å². The minimum absolute atomic E-state index is 0.0556. The summed E-state index contributed by atoms with van der Waals surface area (Å²) in [5.74, 6) is -0.227. The van der Waals surface area contributed by atoms with E-state index in [0.717, 1.165) is 45.2 Å². The standard InChI is InChI=1S/C23H42BN3O4/c1-17(28)26-23(20(25)29)15-18(9-10-19(23)16-27-13-7-6-8-14-27)11-12-24-30-21(2,3)22(4,5)31-24/h18-19H,6-16H2,1-5H3,(H2,25,29)(H,26,28)/t18-,19-,23+/m0/s1. The molecule has 2 heterocycles. The van der Waals surface area contributed by atoms with Crippen LogP contribution in [0.25, 0.3) is 0 Å². The van der Waals surface area contributed by atoms with Crippen LogP contribution in [-0.4, -0.2) is 60.2 Å². The zero-order valence-electron chi connectivity index (χ0n) is 20.2. The molecule has 176 valence electrons. The summed E-state index contributed by atoms with van der Waals surface area (Å²) in [7, 11) is -0.236. The minimum atomic E-state index is -0.970. The molecule has 3 N–H and O–H groups in total. The molecule has 0 aromatic rings. The highest BCUT2D eigenvalue weighted by molar-refractivity contribution is 6.45. The summed E-state index contributed by atoms with van der Waals surface area (Å²) in [5.41, 5.74) is 4.33. The van der Waals surface area contributed by atoms with Crippen molar-refractivity contribution in [2.45, 2.75) is 103 Å². The molecule has 0 bridgehead atoms. The number of amides is 2. The highest BCUT2D eigenvalue weighted by Crippen LogP contribution is 2.42. The Morgan fingerprint density at radius 1 is 1.06 bits per heavy atom. The lowest BCUT2D eigenvalue weighted by molar-refractivity contribution is -0.136. The van der Waals surface area contributed by atoms with Gasteiger partial charge >= 0.3 is 7.12 Å². The van der Waals surface area contributed by atoms with E-state index in [9.17, 15) is 9.59 Å². The van der Waals surface area contributed by atoms with Gasteiger partial charge in [-0.25, -0.2) is 0 Å².